The van der Waals surface area contributed by atoms with Gasteiger partial charge >= 0.3 is 5.97 Å². The topological polar surface area (TPSA) is 96.5 Å². The summed E-state index contributed by atoms with van der Waals surface area (Å²) in [5, 5.41) is 13.0. The van der Waals surface area contributed by atoms with Crippen molar-refractivity contribution in [3.8, 4) is 0 Å². The van der Waals surface area contributed by atoms with Crippen LogP contribution < -0.4 is 0 Å². The number of likely N-dealkylation sites (tertiary alicyclic amines) is 1. The number of aryl methyl sites for hydroxylation is 1. The number of nitrogens with zero attached hydrogens (tertiary/aromatic N) is 3. The average molecular weight is 295 g/mol. The number of hydrogen-bond acceptors (Lipinski definition) is 5. The second-order valence-corrected chi connectivity index (χ2v) is 5.64. The Labute approximate surface area is 123 Å². The first-order valence-electron chi connectivity index (χ1n) is 7.33. The Morgan fingerprint density at radius 2 is 2.19 bits per heavy atom. The van der Waals surface area contributed by atoms with E-state index in [9.17, 15) is 14.7 Å². The summed E-state index contributed by atoms with van der Waals surface area (Å²) in [4.78, 5) is 29.1. The van der Waals surface area contributed by atoms with Crippen molar-refractivity contribution in [1.29, 1.82) is 0 Å². The van der Waals surface area contributed by atoms with E-state index >= 15 is 0 Å². The number of rotatable bonds is 5. The summed E-state index contributed by atoms with van der Waals surface area (Å²) in [5.41, 5.74) is 0. The minimum absolute atomic E-state index is 0.161. The van der Waals surface area contributed by atoms with E-state index in [1.54, 1.807) is 0 Å². The summed E-state index contributed by atoms with van der Waals surface area (Å²) in [6.07, 6.45) is 2.78. The number of hydrogen-bond donors (Lipinski definition) is 1. The quantitative estimate of drug-likeness (QED) is 0.886. The minimum Gasteiger partial charge on any atom is -0.480 e. The molecule has 1 aromatic heterocycles. The van der Waals surface area contributed by atoms with Gasteiger partial charge in [-0.05, 0) is 19.3 Å². The zero-order chi connectivity index (χ0) is 15.4. The molecule has 1 aromatic rings. The zero-order valence-corrected chi connectivity index (χ0v) is 12.4. The summed E-state index contributed by atoms with van der Waals surface area (Å²) in [7, 11) is 0. The van der Waals surface area contributed by atoms with Crippen molar-refractivity contribution in [2.24, 2.45) is 0 Å². The third kappa shape index (κ3) is 3.80. The normalized spacial score (nSPS) is 19.0. The van der Waals surface area contributed by atoms with Crippen molar-refractivity contribution in [2.45, 2.75) is 57.9 Å². The number of carboxylic acids is 1. The number of carboxylic acid groups (broad SMARTS) is 1. The molecule has 1 N–H and O–H groups in total. The minimum atomic E-state index is -0.928. The highest BCUT2D eigenvalue weighted by Crippen LogP contribution is 2.19. The average Bonchev–Trinajstić information content (AvgIpc) is 2.94. The third-order valence-corrected chi connectivity index (χ3v) is 3.66. The van der Waals surface area contributed by atoms with Crippen LogP contribution in [0.2, 0.25) is 0 Å². The molecule has 1 aliphatic rings. The van der Waals surface area contributed by atoms with Gasteiger partial charge in [-0.2, -0.15) is 4.98 Å². The second kappa shape index (κ2) is 6.69. The summed E-state index contributed by atoms with van der Waals surface area (Å²) >= 11 is 0. The zero-order valence-electron chi connectivity index (χ0n) is 12.4. The van der Waals surface area contributed by atoms with E-state index in [1.165, 1.54) is 4.90 Å². The SMILES string of the molecule is CC(C)c1noc(CCC(=O)N2CCCCC2C(=O)O)n1. The summed E-state index contributed by atoms with van der Waals surface area (Å²) in [5.74, 6) is 0.140. The smallest absolute Gasteiger partial charge is 0.326 e. The van der Waals surface area contributed by atoms with E-state index in [1.807, 2.05) is 13.8 Å². The van der Waals surface area contributed by atoms with Crippen molar-refractivity contribution >= 4 is 11.9 Å². The van der Waals surface area contributed by atoms with E-state index in [0.717, 1.165) is 12.8 Å². The number of amides is 1. The predicted octanol–water partition coefficient (Wildman–Crippen LogP) is 1.59. The maximum Gasteiger partial charge on any atom is 0.326 e. The fourth-order valence-electron chi connectivity index (χ4n) is 2.45. The molecule has 1 unspecified atom stereocenters. The molecule has 0 aromatic carbocycles. The highest BCUT2D eigenvalue weighted by molar-refractivity contribution is 5.83. The van der Waals surface area contributed by atoms with Gasteiger partial charge in [0.1, 0.15) is 6.04 Å². The predicted molar refractivity (Wildman–Crippen MR) is 73.7 cm³/mol. The van der Waals surface area contributed by atoms with Gasteiger partial charge < -0.3 is 14.5 Å². The van der Waals surface area contributed by atoms with Crippen LogP contribution in [0.25, 0.3) is 0 Å². The summed E-state index contributed by atoms with van der Waals surface area (Å²) < 4.78 is 5.09. The Kier molecular flexibility index (Phi) is 4.93. The molecule has 0 aliphatic carbocycles. The molecule has 116 valence electrons. The van der Waals surface area contributed by atoms with Gasteiger partial charge in [0.05, 0.1) is 0 Å². The van der Waals surface area contributed by atoms with Crippen LogP contribution in [-0.4, -0.2) is 44.6 Å². The summed E-state index contributed by atoms with van der Waals surface area (Å²) in [6, 6.07) is -0.694. The molecule has 21 heavy (non-hydrogen) atoms. The monoisotopic (exact) mass is 295 g/mol. The first-order chi connectivity index (χ1) is 9.99. The van der Waals surface area contributed by atoms with Gasteiger partial charge in [0.15, 0.2) is 5.82 Å². The maximum atomic E-state index is 12.2. The molecule has 0 saturated carbocycles. The van der Waals surface area contributed by atoms with Crippen LogP contribution in [0.3, 0.4) is 0 Å². The molecule has 0 radical (unpaired) electrons. The molecule has 2 heterocycles. The molecule has 0 spiro atoms. The molecule has 1 saturated heterocycles. The fourth-order valence-corrected chi connectivity index (χ4v) is 2.45. The third-order valence-electron chi connectivity index (χ3n) is 3.66. The Morgan fingerprint density at radius 3 is 2.81 bits per heavy atom. The van der Waals surface area contributed by atoms with Crippen LogP contribution in [-0.2, 0) is 16.0 Å². The molecule has 0 bridgehead atoms. The van der Waals surface area contributed by atoms with Gasteiger partial charge in [-0.1, -0.05) is 19.0 Å². The molecule has 2 rings (SSSR count). The molecule has 7 heteroatoms. The van der Waals surface area contributed by atoms with E-state index in [0.29, 0.717) is 31.1 Å². The van der Waals surface area contributed by atoms with E-state index in [4.69, 9.17) is 4.52 Å². The lowest BCUT2D eigenvalue weighted by atomic mass is 10.0. The van der Waals surface area contributed by atoms with Crippen LogP contribution in [0.15, 0.2) is 4.52 Å². The fraction of sp³-hybridized carbons (Fsp3) is 0.714. The Morgan fingerprint density at radius 1 is 1.43 bits per heavy atom. The standard InChI is InChI=1S/C14H21N3O4/c1-9(2)13-15-11(21-16-13)6-7-12(18)17-8-4-3-5-10(17)14(19)20/h9-10H,3-8H2,1-2H3,(H,19,20). The summed E-state index contributed by atoms with van der Waals surface area (Å²) in [6.45, 7) is 4.44. The van der Waals surface area contributed by atoms with Crippen LogP contribution in [0, 0.1) is 0 Å². The molecule has 1 fully saturated rings. The van der Waals surface area contributed by atoms with E-state index in [-0.39, 0.29) is 18.2 Å². The number of carbonyl (C=O) groups excluding carboxylic acids is 1. The number of aliphatic carboxylic acids is 1. The Balaban J connectivity index is 1.92. The molecule has 1 atom stereocenters. The van der Waals surface area contributed by atoms with Crippen molar-refractivity contribution in [1.82, 2.24) is 15.0 Å². The first kappa shape index (κ1) is 15.5. The van der Waals surface area contributed by atoms with Crippen molar-refractivity contribution < 1.29 is 19.2 Å². The van der Waals surface area contributed by atoms with Crippen LogP contribution in [0.1, 0.15) is 57.2 Å². The molecular formula is C14H21N3O4. The lowest BCUT2D eigenvalue weighted by Crippen LogP contribution is -2.48. The lowest BCUT2D eigenvalue weighted by molar-refractivity contribution is -0.152. The van der Waals surface area contributed by atoms with E-state index in [2.05, 4.69) is 10.1 Å². The van der Waals surface area contributed by atoms with Crippen LogP contribution >= 0.6 is 0 Å². The molecule has 1 aliphatic heterocycles. The largest absolute Gasteiger partial charge is 0.480 e. The van der Waals surface area contributed by atoms with Gasteiger partial charge in [-0.25, -0.2) is 4.79 Å². The van der Waals surface area contributed by atoms with Crippen LogP contribution in [0.4, 0.5) is 0 Å². The van der Waals surface area contributed by atoms with Gasteiger partial charge in [0, 0.05) is 25.3 Å². The van der Waals surface area contributed by atoms with E-state index < -0.39 is 12.0 Å². The van der Waals surface area contributed by atoms with Crippen molar-refractivity contribution in [3.63, 3.8) is 0 Å². The Bertz CT molecular complexity index is 512. The van der Waals surface area contributed by atoms with Crippen LogP contribution in [0.5, 0.6) is 0 Å². The highest BCUT2D eigenvalue weighted by Gasteiger charge is 2.31. The van der Waals surface area contributed by atoms with Crippen molar-refractivity contribution in [3.05, 3.63) is 11.7 Å². The highest BCUT2D eigenvalue weighted by atomic mass is 16.5. The number of carbonyl (C=O) groups is 2. The van der Waals surface area contributed by atoms with Gasteiger partial charge in [0.25, 0.3) is 0 Å². The molecule has 1 amide bonds. The van der Waals surface area contributed by atoms with Crippen molar-refractivity contribution in [2.75, 3.05) is 6.54 Å². The Hall–Kier alpha value is -1.92. The van der Waals surface area contributed by atoms with Gasteiger partial charge in [-0.15, -0.1) is 0 Å². The first-order valence-corrected chi connectivity index (χ1v) is 7.33. The van der Waals surface area contributed by atoms with Gasteiger partial charge in [-0.3, -0.25) is 4.79 Å². The van der Waals surface area contributed by atoms with Gasteiger partial charge in [0.2, 0.25) is 11.8 Å². The number of piperidine rings is 1. The molecular weight excluding hydrogens is 274 g/mol. The number of aromatic nitrogens is 2. The lowest BCUT2D eigenvalue weighted by Gasteiger charge is -2.32. The second-order valence-electron chi connectivity index (χ2n) is 5.64. The molecule has 7 nitrogen and oxygen atoms in total. The maximum absolute atomic E-state index is 12.2.